The lowest BCUT2D eigenvalue weighted by Gasteiger charge is -2.23. The Morgan fingerprint density at radius 3 is 2.61 bits per heavy atom. The first-order valence-corrected chi connectivity index (χ1v) is 10.1. The normalized spacial score (nSPS) is 21.3. The van der Waals surface area contributed by atoms with Crippen molar-refractivity contribution in [3.8, 4) is 0 Å². The second kappa shape index (κ2) is 10.1. The van der Waals surface area contributed by atoms with E-state index < -0.39 is 10.0 Å². The van der Waals surface area contributed by atoms with Crippen LogP contribution in [0.4, 0.5) is 0 Å². The molecule has 0 bridgehead atoms. The van der Waals surface area contributed by atoms with E-state index in [0.29, 0.717) is 25.0 Å². The standard InChI is InChI=1S/C15H32N4O3S/c1-12(2)13(3)19-15(16-4)17-8-10-23(20,21)18-11-14-7-5-6-9-22-14/h12-14,18H,5-11H2,1-4H3,(H2,16,17,19). The van der Waals surface area contributed by atoms with E-state index in [-0.39, 0.29) is 17.9 Å². The highest BCUT2D eigenvalue weighted by Gasteiger charge is 2.17. The fraction of sp³-hybridized carbons (Fsp3) is 0.933. The Kier molecular flexibility index (Phi) is 8.86. The molecule has 0 aromatic carbocycles. The van der Waals surface area contributed by atoms with E-state index in [1.54, 1.807) is 7.05 Å². The third kappa shape index (κ3) is 8.53. The summed E-state index contributed by atoms with van der Waals surface area (Å²) < 4.78 is 32.2. The van der Waals surface area contributed by atoms with E-state index >= 15 is 0 Å². The van der Waals surface area contributed by atoms with Gasteiger partial charge in [0.05, 0.1) is 11.9 Å². The second-order valence-corrected chi connectivity index (χ2v) is 8.26. The Morgan fingerprint density at radius 1 is 1.30 bits per heavy atom. The first kappa shape index (κ1) is 20.2. The van der Waals surface area contributed by atoms with Crippen LogP contribution in [0.2, 0.25) is 0 Å². The predicted octanol–water partition coefficient (Wildman–Crippen LogP) is 0.684. The third-order valence-electron chi connectivity index (χ3n) is 4.06. The van der Waals surface area contributed by atoms with Crippen LogP contribution in [-0.4, -0.2) is 59.0 Å². The minimum absolute atomic E-state index is 0.00723. The largest absolute Gasteiger partial charge is 0.377 e. The van der Waals surface area contributed by atoms with Crippen LogP contribution in [0.1, 0.15) is 40.0 Å². The van der Waals surface area contributed by atoms with Crippen LogP contribution in [0.15, 0.2) is 4.99 Å². The van der Waals surface area contributed by atoms with E-state index in [1.165, 1.54) is 0 Å². The molecule has 0 aromatic rings. The summed E-state index contributed by atoms with van der Waals surface area (Å²) >= 11 is 0. The van der Waals surface area contributed by atoms with Crippen molar-refractivity contribution in [1.29, 1.82) is 0 Å². The predicted molar refractivity (Wildman–Crippen MR) is 94.2 cm³/mol. The van der Waals surface area contributed by atoms with Crippen LogP contribution >= 0.6 is 0 Å². The van der Waals surface area contributed by atoms with E-state index in [0.717, 1.165) is 25.9 Å². The minimum atomic E-state index is -3.30. The van der Waals surface area contributed by atoms with Crippen molar-refractivity contribution in [2.24, 2.45) is 10.9 Å². The highest BCUT2D eigenvalue weighted by atomic mass is 32.2. The van der Waals surface area contributed by atoms with Gasteiger partial charge in [-0.3, -0.25) is 4.99 Å². The number of hydrogen-bond donors (Lipinski definition) is 3. The number of aliphatic imine (C=N–C) groups is 1. The molecule has 1 heterocycles. The van der Waals surface area contributed by atoms with Crippen molar-refractivity contribution < 1.29 is 13.2 Å². The SMILES string of the molecule is CN=C(NCCS(=O)(=O)NCC1CCCCO1)NC(C)C(C)C. The Bertz CT molecular complexity index is 459. The minimum Gasteiger partial charge on any atom is -0.377 e. The molecule has 7 nitrogen and oxygen atoms in total. The average molecular weight is 349 g/mol. The van der Waals surface area contributed by atoms with Crippen molar-refractivity contribution in [2.45, 2.75) is 52.2 Å². The summed E-state index contributed by atoms with van der Waals surface area (Å²) in [6, 6.07) is 0.263. The summed E-state index contributed by atoms with van der Waals surface area (Å²) in [7, 11) is -1.63. The zero-order chi connectivity index (χ0) is 17.3. The second-order valence-electron chi connectivity index (χ2n) is 6.33. The molecule has 23 heavy (non-hydrogen) atoms. The smallest absolute Gasteiger partial charge is 0.213 e. The van der Waals surface area contributed by atoms with Crippen molar-refractivity contribution >= 4 is 16.0 Å². The van der Waals surface area contributed by atoms with E-state index in [9.17, 15) is 8.42 Å². The summed E-state index contributed by atoms with van der Waals surface area (Å²) in [4.78, 5) is 4.11. The first-order chi connectivity index (χ1) is 10.8. The number of nitrogens with one attached hydrogen (secondary N) is 3. The molecule has 0 amide bonds. The van der Waals surface area contributed by atoms with Gasteiger partial charge < -0.3 is 15.4 Å². The summed E-state index contributed by atoms with van der Waals surface area (Å²) in [6.45, 7) is 7.70. The molecule has 1 aliphatic heterocycles. The van der Waals surface area contributed by atoms with Crippen LogP contribution in [0.25, 0.3) is 0 Å². The summed E-state index contributed by atoms with van der Waals surface area (Å²) in [5.41, 5.74) is 0. The fourth-order valence-corrected chi connectivity index (χ4v) is 3.10. The van der Waals surface area contributed by atoms with Gasteiger partial charge in [0.25, 0.3) is 0 Å². The number of rotatable bonds is 8. The van der Waals surface area contributed by atoms with Crippen LogP contribution in [0, 0.1) is 5.92 Å². The molecule has 136 valence electrons. The average Bonchev–Trinajstić information content (AvgIpc) is 2.52. The first-order valence-electron chi connectivity index (χ1n) is 8.40. The van der Waals surface area contributed by atoms with E-state index in [4.69, 9.17) is 4.74 Å². The number of nitrogens with zero attached hydrogens (tertiary/aromatic N) is 1. The van der Waals surface area contributed by atoms with Gasteiger partial charge in [-0.15, -0.1) is 0 Å². The molecule has 2 unspecified atom stereocenters. The zero-order valence-corrected chi connectivity index (χ0v) is 15.6. The van der Waals surface area contributed by atoms with Gasteiger partial charge in [0.2, 0.25) is 10.0 Å². The van der Waals surface area contributed by atoms with Gasteiger partial charge in [0.15, 0.2) is 5.96 Å². The van der Waals surface area contributed by atoms with Crippen molar-refractivity contribution in [2.75, 3.05) is 32.5 Å². The topological polar surface area (TPSA) is 91.8 Å². The van der Waals surface area contributed by atoms with Crippen LogP contribution < -0.4 is 15.4 Å². The maximum absolute atomic E-state index is 12.0. The lowest BCUT2D eigenvalue weighted by atomic mass is 10.1. The summed E-state index contributed by atoms with van der Waals surface area (Å²) in [5.74, 6) is 1.10. The molecule has 8 heteroatoms. The molecule has 1 saturated heterocycles. The van der Waals surface area contributed by atoms with Crippen molar-refractivity contribution in [3.63, 3.8) is 0 Å². The Morgan fingerprint density at radius 2 is 2.04 bits per heavy atom. The number of guanidine groups is 1. The Hall–Kier alpha value is -0.860. The quantitative estimate of drug-likeness (QED) is 0.443. The molecule has 0 radical (unpaired) electrons. The van der Waals surface area contributed by atoms with Gasteiger partial charge in [-0.05, 0) is 32.1 Å². The Labute approximate surface area is 140 Å². The van der Waals surface area contributed by atoms with Gasteiger partial charge >= 0.3 is 0 Å². The van der Waals surface area contributed by atoms with Gasteiger partial charge in [0, 0.05) is 32.8 Å². The fourth-order valence-electron chi connectivity index (χ4n) is 2.14. The third-order valence-corrected chi connectivity index (χ3v) is 5.40. The van der Waals surface area contributed by atoms with Gasteiger partial charge in [0.1, 0.15) is 0 Å². The molecular weight excluding hydrogens is 316 g/mol. The molecular formula is C15H32N4O3S. The van der Waals surface area contributed by atoms with Crippen LogP contribution in [-0.2, 0) is 14.8 Å². The van der Waals surface area contributed by atoms with Gasteiger partial charge in [-0.25, -0.2) is 13.1 Å². The number of ether oxygens (including phenoxy) is 1. The Balaban J connectivity index is 2.28. The highest BCUT2D eigenvalue weighted by molar-refractivity contribution is 7.89. The monoisotopic (exact) mass is 348 g/mol. The maximum atomic E-state index is 12.0. The van der Waals surface area contributed by atoms with Crippen LogP contribution in [0.5, 0.6) is 0 Å². The molecule has 0 saturated carbocycles. The van der Waals surface area contributed by atoms with Gasteiger partial charge in [-0.1, -0.05) is 13.8 Å². The molecule has 1 fully saturated rings. The summed E-state index contributed by atoms with van der Waals surface area (Å²) in [5, 5.41) is 6.28. The number of hydrogen-bond acceptors (Lipinski definition) is 4. The molecule has 0 aromatic heterocycles. The van der Waals surface area contributed by atoms with Crippen molar-refractivity contribution in [1.82, 2.24) is 15.4 Å². The van der Waals surface area contributed by atoms with Crippen molar-refractivity contribution in [3.05, 3.63) is 0 Å². The van der Waals surface area contributed by atoms with Crippen LogP contribution in [0.3, 0.4) is 0 Å². The number of sulfonamides is 1. The molecule has 0 spiro atoms. The zero-order valence-electron chi connectivity index (χ0n) is 14.8. The molecule has 1 aliphatic rings. The molecule has 0 aliphatic carbocycles. The van der Waals surface area contributed by atoms with E-state index in [1.807, 2.05) is 0 Å². The highest BCUT2D eigenvalue weighted by Crippen LogP contribution is 2.11. The summed E-state index contributed by atoms with van der Waals surface area (Å²) in [6.07, 6.45) is 3.09. The molecule has 1 rings (SSSR count). The lowest BCUT2D eigenvalue weighted by molar-refractivity contribution is 0.0200. The molecule has 2 atom stereocenters. The maximum Gasteiger partial charge on any atom is 0.213 e. The molecule has 3 N–H and O–H groups in total. The van der Waals surface area contributed by atoms with E-state index in [2.05, 4.69) is 41.1 Å². The lowest BCUT2D eigenvalue weighted by Crippen LogP contribution is -2.46. The van der Waals surface area contributed by atoms with Gasteiger partial charge in [-0.2, -0.15) is 0 Å².